The Hall–Kier alpha value is -3.42. The van der Waals surface area contributed by atoms with Crippen LogP contribution < -0.4 is 4.90 Å². The van der Waals surface area contributed by atoms with Gasteiger partial charge in [-0.1, -0.05) is 12.7 Å². The first-order valence-electron chi connectivity index (χ1n) is 12.4. The lowest BCUT2D eigenvalue weighted by atomic mass is 10.1. The second kappa shape index (κ2) is 8.66. The van der Waals surface area contributed by atoms with Crippen LogP contribution >= 0.6 is 0 Å². The number of piperazine rings is 1. The van der Waals surface area contributed by atoms with Gasteiger partial charge in [0.2, 0.25) is 0 Å². The largest absolute Gasteiger partial charge is 0.444 e. The second-order valence-corrected chi connectivity index (χ2v) is 10.8. The van der Waals surface area contributed by atoms with E-state index in [0.29, 0.717) is 19.0 Å². The molecule has 3 aromatic rings. The zero-order valence-electron chi connectivity index (χ0n) is 21.2. The van der Waals surface area contributed by atoms with Crippen LogP contribution in [-0.2, 0) is 4.74 Å². The van der Waals surface area contributed by atoms with E-state index >= 15 is 0 Å². The number of nitrogens with zero attached hydrogens (tertiary/aromatic N) is 6. The minimum Gasteiger partial charge on any atom is -0.444 e. The lowest BCUT2D eigenvalue weighted by Crippen LogP contribution is -2.59. The maximum Gasteiger partial charge on any atom is 0.410 e. The van der Waals surface area contributed by atoms with Crippen molar-refractivity contribution in [1.29, 1.82) is 0 Å². The Morgan fingerprint density at radius 1 is 1.14 bits per heavy atom. The molecule has 5 rings (SSSR count). The molecule has 1 unspecified atom stereocenters. The van der Waals surface area contributed by atoms with Crippen molar-refractivity contribution in [3.05, 3.63) is 48.6 Å². The molecule has 8 nitrogen and oxygen atoms in total. The van der Waals surface area contributed by atoms with Crippen molar-refractivity contribution in [2.24, 2.45) is 0 Å². The maximum absolute atomic E-state index is 12.8. The molecule has 1 saturated carbocycles. The highest BCUT2D eigenvalue weighted by atomic mass is 16.6. The van der Waals surface area contributed by atoms with Gasteiger partial charge in [-0.25, -0.2) is 19.7 Å². The maximum atomic E-state index is 12.8. The monoisotopic (exact) mass is 474 g/mol. The number of amides is 1. The van der Waals surface area contributed by atoms with Crippen LogP contribution in [-0.4, -0.2) is 61.3 Å². The predicted molar refractivity (Wildman–Crippen MR) is 138 cm³/mol. The van der Waals surface area contributed by atoms with E-state index in [1.54, 1.807) is 12.5 Å². The first kappa shape index (κ1) is 23.3. The average molecular weight is 475 g/mol. The van der Waals surface area contributed by atoms with Gasteiger partial charge in [-0.3, -0.25) is 4.57 Å². The third kappa shape index (κ3) is 4.49. The van der Waals surface area contributed by atoms with E-state index in [1.165, 1.54) is 18.4 Å². The highest BCUT2D eigenvalue weighted by Gasteiger charge is 2.37. The fourth-order valence-electron chi connectivity index (χ4n) is 4.86. The molecule has 8 heteroatoms. The van der Waals surface area contributed by atoms with Gasteiger partial charge in [0.15, 0.2) is 5.65 Å². The molecular weight excluding hydrogens is 440 g/mol. The first-order chi connectivity index (χ1) is 16.7. The Morgan fingerprint density at radius 2 is 1.91 bits per heavy atom. The highest BCUT2D eigenvalue weighted by molar-refractivity contribution is 5.93. The molecule has 2 aliphatic rings. The summed E-state index contributed by atoms with van der Waals surface area (Å²) >= 11 is 0. The molecular formula is C27H34N6O2. The summed E-state index contributed by atoms with van der Waals surface area (Å²) in [5, 5.41) is 1.09. The lowest BCUT2D eigenvalue weighted by molar-refractivity contribution is 0.0130. The molecule has 4 heterocycles. The topological polar surface area (TPSA) is 76.4 Å². The Balaban J connectivity index is 1.53. The summed E-state index contributed by atoms with van der Waals surface area (Å²) in [6.45, 7) is 15.0. The van der Waals surface area contributed by atoms with Gasteiger partial charge in [0.1, 0.15) is 23.6 Å². The number of hydrogen-bond acceptors (Lipinski definition) is 6. The van der Waals surface area contributed by atoms with Crippen LogP contribution in [0.1, 0.15) is 64.5 Å². The van der Waals surface area contributed by atoms with Gasteiger partial charge in [0.05, 0.1) is 5.39 Å². The smallest absolute Gasteiger partial charge is 0.410 e. The summed E-state index contributed by atoms with van der Waals surface area (Å²) < 4.78 is 7.74. The van der Waals surface area contributed by atoms with Crippen molar-refractivity contribution in [2.45, 2.75) is 71.1 Å². The molecule has 2 fully saturated rings. The van der Waals surface area contributed by atoms with Gasteiger partial charge in [0.25, 0.3) is 0 Å². The molecule has 0 radical (unpaired) electrons. The van der Waals surface area contributed by atoms with Crippen molar-refractivity contribution < 1.29 is 9.53 Å². The van der Waals surface area contributed by atoms with Gasteiger partial charge in [-0.2, -0.15) is 0 Å². The first-order valence-corrected chi connectivity index (χ1v) is 12.4. The molecule has 0 bridgehead atoms. The van der Waals surface area contributed by atoms with E-state index in [4.69, 9.17) is 14.7 Å². The Labute approximate surface area is 206 Å². The number of fused-ring (bicyclic) bond motifs is 1. The van der Waals surface area contributed by atoms with Crippen LogP contribution in [0.5, 0.6) is 0 Å². The van der Waals surface area contributed by atoms with Crippen molar-refractivity contribution in [3.8, 4) is 5.82 Å². The molecule has 1 saturated heterocycles. The fourth-order valence-corrected chi connectivity index (χ4v) is 4.86. The molecule has 1 aliphatic carbocycles. The molecule has 0 aromatic carbocycles. The Kier molecular flexibility index (Phi) is 5.77. The average Bonchev–Trinajstić information content (AvgIpc) is 3.58. The summed E-state index contributed by atoms with van der Waals surface area (Å²) in [5.74, 6) is 2.26. The second-order valence-electron chi connectivity index (χ2n) is 10.8. The van der Waals surface area contributed by atoms with E-state index in [-0.39, 0.29) is 18.2 Å². The van der Waals surface area contributed by atoms with E-state index in [1.807, 2.05) is 43.9 Å². The molecule has 0 spiro atoms. The molecule has 1 amide bonds. The van der Waals surface area contributed by atoms with Crippen molar-refractivity contribution >= 4 is 29.0 Å². The van der Waals surface area contributed by atoms with Crippen LogP contribution in [0.3, 0.4) is 0 Å². The van der Waals surface area contributed by atoms with Crippen molar-refractivity contribution in [2.75, 3.05) is 18.0 Å². The van der Waals surface area contributed by atoms with Crippen LogP contribution in [0.4, 0.5) is 10.6 Å². The normalized spacial score (nSPS) is 20.8. The number of anilines is 1. The molecule has 2 atom stereocenters. The summed E-state index contributed by atoms with van der Waals surface area (Å²) in [7, 11) is 0. The van der Waals surface area contributed by atoms with Crippen LogP contribution in [0.15, 0.2) is 37.4 Å². The zero-order valence-corrected chi connectivity index (χ0v) is 21.2. The SMILES string of the molecule is C=Cc1ccnc(-n2cc(C3CC3)c3c(N4C[C@H](C)N(C(=O)OC(C)(C)C)CC4C)ncnc32)c1. The van der Waals surface area contributed by atoms with E-state index < -0.39 is 5.60 Å². The quantitative estimate of drug-likeness (QED) is 0.519. The lowest BCUT2D eigenvalue weighted by Gasteiger charge is -2.44. The zero-order chi connectivity index (χ0) is 24.9. The minimum atomic E-state index is -0.519. The summed E-state index contributed by atoms with van der Waals surface area (Å²) in [4.78, 5) is 31.1. The summed E-state index contributed by atoms with van der Waals surface area (Å²) in [6.07, 6.45) is 9.53. The molecule has 35 heavy (non-hydrogen) atoms. The van der Waals surface area contributed by atoms with E-state index in [9.17, 15) is 4.79 Å². The van der Waals surface area contributed by atoms with Gasteiger partial charge >= 0.3 is 6.09 Å². The predicted octanol–water partition coefficient (Wildman–Crippen LogP) is 5.17. The number of carbonyl (C=O) groups is 1. The minimum absolute atomic E-state index is 0.0107. The van der Waals surface area contributed by atoms with Crippen molar-refractivity contribution in [1.82, 2.24) is 24.4 Å². The standard InChI is InChI=1S/C27H34N6O2/c1-7-19-10-11-28-22(12-19)33-15-21(20-8-9-20)23-24(29-16-30-25(23)33)31-13-18(3)32(14-17(31)2)26(34)35-27(4,5)6/h7,10-12,15-18,20H,1,8-9,13-14H2,2-6H3/t17?,18-/m0/s1. The Bertz CT molecular complexity index is 1270. The van der Waals surface area contributed by atoms with Gasteiger partial charge in [0, 0.05) is 37.6 Å². The molecule has 0 N–H and O–H groups in total. The van der Waals surface area contributed by atoms with E-state index in [0.717, 1.165) is 28.2 Å². The number of hydrogen-bond donors (Lipinski definition) is 0. The summed E-state index contributed by atoms with van der Waals surface area (Å²) in [5.41, 5.74) is 2.63. The molecule has 3 aromatic heterocycles. The highest BCUT2D eigenvalue weighted by Crippen LogP contribution is 2.46. The molecule has 1 aliphatic heterocycles. The van der Waals surface area contributed by atoms with Gasteiger partial charge in [-0.15, -0.1) is 0 Å². The van der Waals surface area contributed by atoms with Crippen molar-refractivity contribution in [3.63, 3.8) is 0 Å². The number of ether oxygens (including phenoxy) is 1. The third-order valence-corrected chi connectivity index (χ3v) is 6.75. The van der Waals surface area contributed by atoms with Crippen LogP contribution in [0, 0.1) is 0 Å². The number of carbonyl (C=O) groups excluding carboxylic acids is 1. The fraction of sp³-hybridized carbons (Fsp3) is 0.481. The number of pyridine rings is 1. The van der Waals surface area contributed by atoms with Gasteiger partial charge < -0.3 is 14.5 Å². The van der Waals surface area contributed by atoms with Gasteiger partial charge in [-0.05, 0) is 76.6 Å². The van der Waals surface area contributed by atoms with Crippen LogP contribution in [0.2, 0.25) is 0 Å². The Morgan fingerprint density at radius 3 is 2.60 bits per heavy atom. The van der Waals surface area contributed by atoms with E-state index in [2.05, 4.69) is 41.1 Å². The number of rotatable bonds is 4. The number of aromatic nitrogens is 4. The van der Waals surface area contributed by atoms with Crippen LogP contribution in [0.25, 0.3) is 22.9 Å². The summed E-state index contributed by atoms with van der Waals surface area (Å²) in [6, 6.07) is 4.03. The third-order valence-electron chi connectivity index (χ3n) is 6.75. The molecule has 184 valence electrons.